The summed E-state index contributed by atoms with van der Waals surface area (Å²) in [5.74, 6) is 0.601. The topological polar surface area (TPSA) is 44.4 Å². The summed E-state index contributed by atoms with van der Waals surface area (Å²) in [5.41, 5.74) is 2.01. The number of urea groups is 1. The normalized spacial score (nSPS) is 22.9. The van der Waals surface area contributed by atoms with Crippen molar-refractivity contribution in [3.63, 3.8) is 0 Å². The van der Waals surface area contributed by atoms with Crippen LogP contribution in [0.25, 0.3) is 0 Å². The number of rotatable bonds is 4. The predicted octanol–water partition coefficient (Wildman–Crippen LogP) is 3.38. The molecule has 0 unspecified atom stereocenters. The maximum Gasteiger partial charge on any atom is 0.319 e. The zero-order chi connectivity index (χ0) is 15.4. The Bertz CT molecular complexity index is 511. The van der Waals surface area contributed by atoms with Crippen LogP contribution in [0, 0.1) is 12.8 Å². The predicted molar refractivity (Wildman–Crippen MR) is 90.1 cm³/mol. The molecule has 4 nitrogen and oxygen atoms in total. The molecule has 3 rings (SSSR count). The van der Waals surface area contributed by atoms with Crippen LogP contribution in [0.15, 0.2) is 24.3 Å². The van der Waals surface area contributed by atoms with Crippen molar-refractivity contribution in [2.45, 2.75) is 45.1 Å². The van der Waals surface area contributed by atoms with Crippen molar-refractivity contribution in [3.8, 4) is 0 Å². The van der Waals surface area contributed by atoms with Gasteiger partial charge < -0.3 is 15.5 Å². The number of carbonyl (C=O) groups is 1. The lowest BCUT2D eigenvalue weighted by atomic mass is 10.1. The lowest BCUT2D eigenvalue weighted by Gasteiger charge is -2.23. The molecule has 0 bridgehead atoms. The number of amides is 2. The van der Waals surface area contributed by atoms with E-state index in [0.717, 1.165) is 30.4 Å². The zero-order valence-electron chi connectivity index (χ0n) is 13.5. The first kappa shape index (κ1) is 15.3. The van der Waals surface area contributed by atoms with Crippen LogP contribution in [0.3, 0.4) is 0 Å². The number of hydrogen-bond donors (Lipinski definition) is 2. The highest BCUT2D eigenvalue weighted by Crippen LogP contribution is 2.28. The Morgan fingerprint density at radius 2 is 2.09 bits per heavy atom. The van der Waals surface area contributed by atoms with Crippen LogP contribution in [-0.2, 0) is 0 Å². The number of carbonyl (C=O) groups excluding carboxylic acids is 1. The number of nitrogens with one attached hydrogen (secondary N) is 2. The van der Waals surface area contributed by atoms with Gasteiger partial charge in [0.15, 0.2) is 0 Å². The molecule has 2 fully saturated rings. The third-order valence-corrected chi connectivity index (χ3v) is 4.99. The van der Waals surface area contributed by atoms with Gasteiger partial charge in [0.05, 0.1) is 0 Å². The maximum atomic E-state index is 12.0. The van der Waals surface area contributed by atoms with Gasteiger partial charge in [-0.1, -0.05) is 25.0 Å². The van der Waals surface area contributed by atoms with Crippen LogP contribution in [0.2, 0.25) is 0 Å². The largest absolute Gasteiger partial charge is 0.338 e. The van der Waals surface area contributed by atoms with Gasteiger partial charge in [0.1, 0.15) is 0 Å². The van der Waals surface area contributed by atoms with E-state index in [1.807, 2.05) is 31.2 Å². The lowest BCUT2D eigenvalue weighted by molar-refractivity contribution is 0.234. The lowest BCUT2D eigenvalue weighted by Crippen LogP contribution is -2.35. The third kappa shape index (κ3) is 4.01. The Balaban J connectivity index is 1.40. The van der Waals surface area contributed by atoms with Crippen LogP contribution < -0.4 is 10.6 Å². The molecule has 1 aliphatic heterocycles. The first-order valence-corrected chi connectivity index (χ1v) is 8.56. The van der Waals surface area contributed by atoms with Gasteiger partial charge in [-0.15, -0.1) is 0 Å². The molecule has 1 aromatic carbocycles. The number of aryl methyl sites for hydroxylation is 1. The summed E-state index contributed by atoms with van der Waals surface area (Å²) in [7, 11) is 0. The van der Waals surface area contributed by atoms with Crippen molar-refractivity contribution >= 4 is 11.7 Å². The quantitative estimate of drug-likeness (QED) is 0.895. The van der Waals surface area contributed by atoms with Crippen molar-refractivity contribution in [2.24, 2.45) is 5.92 Å². The number of benzene rings is 1. The fourth-order valence-corrected chi connectivity index (χ4v) is 3.77. The van der Waals surface area contributed by atoms with Crippen LogP contribution >= 0.6 is 0 Å². The van der Waals surface area contributed by atoms with Crippen LogP contribution in [-0.4, -0.2) is 36.6 Å². The van der Waals surface area contributed by atoms with E-state index in [1.165, 1.54) is 38.6 Å². The SMILES string of the molecule is Cc1cccc(NC(=O)NC[C@H]2CCN(C3CCCC3)C2)c1. The average molecular weight is 301 g/mol. The second-order valence-corrected chi connectivity index (χ2v) is 6.79. The van der Waals surface area contributed by atoms with Crippen molar-refractivity contribution in [2.75, 3.05) is 25.0 Å². The van der Waals surface area contributed by atoms with E-state index in [2.05, 4.69) is 15.5 Å². The average Bonchev–Trinajstić information content (AvgIpc) is 3.16. The van der Waals surface area contributed by atoms with E-state index in [9.17, 15) is 4.79 Å². The fraction of sp³-hybridized carbons (Fsp3) is 0.611. The molecular weight excluding hydrogens is 274 g/mol. The minimum atomic E-state index is -0.0927. The van der Waals surface area contributed by atoms with Crippen molar-refractivity contribution in [1.82, 2.24) is 10.2 Å². The molecule has 1 heterocycles. The van der Waals surface area contributed by atoms with Crippen molar-refractivity contribution in [3.05, 3.63) is 29.8 Å². The second kappa shape index (κ2) is 7.14. The van der Waals surface area contributed by atoms with E-state index in [4.69, 9.17) is 0 Å². The van der Waals surface area contributed by atoms with Crippen LogP contribution in [0.5, 0.6) is 0 Å². The Morgan fingerprint density at radius 1 is 1.27 bits per heavy atom. The molecule has 0 aromatic heterocycles. The monoisotopic (exact) mass is 301 g/mol. The summed E-state index contributed by atoms with van der Waals surface area (Å²) < 4.78 is 0. The molecular formula is C18H27N3O. The molecule has 2 N–H and O–H groups in total. The zero-order valence-corrected chi connectivity index (χ0v) is 13.5. The van der Waals surface area contributed by atoms with E-state index in [0.29, 0.717) is 5.92 Å². The maximum absolute atomic E-state index is 12.0. The Labute approximate surface area is 133 Å². The molecule has 1 saturated heterocycles. The summed E-state index contributed by atoms with van der Waals surface area (Å²) in [5, 5.41) is 5.94. The van der Waals surface area contributed by atoms with Gasteiger partial charge in [-0.05, 0) is 56.3 Å². The van der Waals surface area contributed by atoms with Crippen molar-refractivity contribution < 1.29 is 4.79 Å². The van der Waals surface area contributed by atoms with Gasteiger partial charge in [0, 0.05) is 24.8 Å². The first-order valence-electron chi connectivity index (χ1n) is 8.56. The van der Waals surface area contributed by atoms with E-state index < -0.39 is 0 Å². The van der Waals surface area contributed by atoms with Crippen LogP contribution in [0.4, 0.5) is 10.5 Å². The summed E-state index contributed by atoms with van der Waals surface area (Å²) >= 11 is 0. The van der Waals surface area contributed by atoms with E-state index in [-0.39, 0.29) is 6.03 Å². The van der Waals surface area contributed by atoms with Gasteiger partial charge in [-0.25, -0.2) is 4.79 Å². The number of anilines is 1. The summed E-state index contributed by atoms with van der Waals surface area (Å²) in [6.07, 6.45) is 6.73. The highest BCUT2D eigenvalue weighted by molar-refractivity contribution is 5.89. The van der Waals surface area contributed by atoms with Gasteiger partial charge >= 0.3 is 6.03 Å². The molecule has 1 aromatic rings. The van der Waals surface area contributed by atoms with Gasteiger partial charge in [0.2, 0.25) is 0 Å². The van der Waals surface area contributed by atoms with E-state index in [1.54, 1.807) is 0 Å². The van der Waals surface area contributed by atoms with Crippen LogP contribution in [0.1, 0.15) is 37.7 Å². The molecule has 1 atom stereocenters. The summed E-state index contributed by atoms with van der Waals surface area (Å²) in [4.78, 5) is 14.6. The molecule has 22 heavy (non-hydrogen) atoms. The Kier molecular flexibility index (Phi) is 4.98. The smallest absolute Gasteiger partial charge is 0.319 e. The molecule has 0 spiro atoms. The number of nitrogens with zero attached hydrogens (tertiary/aromatic N) is 1. The van der Waals surface area contributed by atoms with Gasteiger partial charge in [-0.3, -0.25) is 0 Å². The minimum absolute atomic E-state index is 0.0927. The summed E-state index contributed by atoms with van der Waals surface area (Å²) in [6.45, 7) is 5.16. The highest BCUT2D eigenvalue weighted by atomic mass is 16.2. The Morgan fingerprint density at radius 3 is 2.86 bits per heavy atom. The van der Waals surface area contributed by atoms with E-state index >= 15 is 0 Å². The first-order chi connectivity index (χ1) is 10.7. The highest BCUT2D eigenvalue weighted by Gasteiger charge is 2.29. The Hall–Kier alpha value is -1.55. The summed E-state index contributed by atoms with van der Waals surface area (Å²) in [6, 6.07) is 8.61. The standard InChI is InChI=1S/C18H27N3O/c1-14-5-4-6-16(11-14)20-18(22)19-12-15-9-10-21(13-15)17-7-2-3-8-17/h4-6,11,15,17H,2-3,7-10,12-13H2,1H3,(H2,19,20,22)/t15-/m1/s1. The molecule has 2 aliphatic rings. The third-order valence-electron chi connectivity index (χ3n) is 4.99. The molecule has 4 heteroatoms. The molecule has 1 aliphatic carbocycles. The second-order valence-electron chi connectivity index (χ2n) is 6.79. The fourth-order valence-electron chi connectivity index (χ4n) is 3.77. The van der Waals surface area contributed by atoms with Gasteiger partial charge in [-0.2, -0.15) is 0 Å². The minimum Gasteiger partial charge on any atom is -0.338 e. The number of likely N-dealkylation sites (tertiary alicyclic amines) is 1. The molecule has 0 radical (unpaired) electrons. The number of hydrogen-bond acceptors (Lipinski definition) is 2. The molecule has 120 valence electrons. The van der Waals surface area contributed by atoms with Gasteiger partial charge in [0.25, 0.3) is 0 Å². The molecule has 2 amide bonds. The molecule has 1 saturated carbocycles. The van der Waals surface area contributed by atoms with Crippen molar-refractivity contribution in [1.29, 1.82) is 0 Å².